The van der Waals surface area contributed by atoms with E-state index in [-0.39, 0.29) is 5.69 Å². The Kier molecular flexibility index (Phi) is 3.80. The number of hydrogen-bond acceptors (Lipinski definition) is 4. The molecular formula is C13H13NO4S. The van der Waals surface area contributed by atoms with Crippen LogP contribution in [0.1, 0.15) is 35.0 Å². The van der Waals surface area contributed by atoms with Gasteiger partial charge in [0.05, 0.1) is 4.92 Å². The molecule has 0 aliphatic carbocycles. The molecule has 2 rings (SSSR count). The minimum absolute atomic E-state index is 0.0000118. The van der Waals surface area contributed by atoms with E-state index in [0.29, 0.717) is 16.7 Å². The third-order valence-electron chi connectivity index (χ3n) is 2.96. The average molecular weight is 279 g/mol. The highest BCUT2D eigenvalue weighted by Crippen LogP contribution is 2.34. The monoisotopic (exact) mass is 279 g/mol. The van der Waals surface area contributed by atoms with Crippen LogP contribution in [0.25, 0.3) is 10.1 Å². The number of non-ortho nitro benzene ring substituents is 1. The maximum absolute atomic E-state index is 11.2. The molecule has 0 aliphatic rings. The van der Waals surface area contributed by atoms with Gasteiger partial charge in [0.1, 0.15) is 4.88 Å². The Hall–Kier alpha value is -1.95. The predicted octanol–water partition coefficient (Wildman–Crippen LogP) is 3.85. The molecule has 0 unspecified atom stereocenters. The van der Waals surface area contributed by atoms with E-state index in [0.717, 1.165) is 23.1 Å². The summed E-state index contributed by atoms with van der Waals surface area (Å²) in [6.07, 6.45) is 2.46. The summed E-state index contributed by atoms with van der Waals surface area (Å²) in [6, 6.07) is 4.51. The minimum Gasteiger partial charge on any atom is -0.477 e. The molecule has 6 heteroatoms. The summed E-state index contributed by atoms with van der Waals surface area (Å²) in [4.78, 5) is 21.9. The van der Waals surface area contributed by atoms with Crippen LogP contribution in [0.3, 0.4) is 0 Å². The van der Waals surface area contributed by atoms with E-state index in [9.17, 15) is 20.0 Å². The van der Waals surface area contributed by atoms with Gasteiger partial charge in [0.15, 0.2) is 0 Å². The van der Waals surface area contributed by atoms with E-state index in [1.54, 1.807) is 6.07 Å². The molecule has 0 aliphatic heterocycles. The fourth-order valence-electron chi connectivity index (χ4n) is 2.02. The number of carbonyl (C=O) groups is 1. The third-order valence-corrected chi connectivity index (χ3v) is 4.16. The smallest absolute Gasteiger partial charge is 0.346 e. The SMILES string of the molecule is CCCCc1c(C(=O)O)sc2ccc([N+](=O)[O-])cc12. The van der Waals surface area contributed by atoms with Crippen LogP contribution in [-0.4, -0.2) is 16.0 Å². The number of carboxylic acids is 1. The summed E-state index contributed by atoms with van der Waals surface area (Å²) in [6.45, 7) is 2.03. The molecule has 0 radical (unpaired) electrons. The van der Waals surface area contributed by atoms with Gasteiger partial charge in [0, 0.05) is 22.2 Å². The van der Waals surface area contributed by atoms with E-state index in [2.05, 4.69) is 0 Å². The van der Waals surface area contributed by atoms with Crippen molar-refractivity contribution in [1.82, 2.24) is 0 Å². The molecule has 1 aromatic heterocycles. The number of fused-ring (bicyclic) bond motifs is 1. The number of aryl methyl sites for hydroxylation is 1. The highest BCUT2D eigenvalue weighted by molar-refractivity contribution is 7.21. The van der Waals surface area contributed by atoms with Crippen molar-refractivity contribution in [2.45, 2.75) is 26.2 Å². The van der Waals surface area contributed by atoms with E-state index < -0.39 is 10.9 Å². The number of nitro groups is 1. The van der Waals surface area contributed by atoms with Gasteiger partial charge in [-0.05, 0) is 24.5 Å². The van der Waals surface area contributed by atoms with Crippen LogP contribution in [-0.2, 0) is 6.42 Å². The number of thiophene rings is 1. The molecule has 0 amide bonds. The summed E-state index contributed by atoms with van der Waals surface area (Å²) in [5.74, 6) is -0.963. The number of benzene rings is 1. The van der Waals surface area contributed by atoms with E-state index in [4.69, 9.17) is 0 Å². The van der Waals surface area contributed by atoms with Crippen LogP contribution >= 0.6 is 11.3 Å². The summed E-state index contributed by atoms with van der Waals surface area (Å²) < 4.78 is 0.786. The van der Waals surface area contributed by atoms with Gasteiger partial charge in [-0.1, -0.05) is 13.3 Å². The molecule has 2 aromatic rings. The molecule has 0 atom stereocenters. The number of rotatable bonds is 5. The van der Waals surface area contributed by atoms with Crippen LogP contribution < -0.4 is 0 Å². The lowest BCUT2D eigenvalue weighted by molar-refractivity contribution is -0.384. The van der Waals surface area contributed by atoms with Crippen molar-refractivity contribution in [3.8, 4) is 0 Å². The maximum atomic E-state index is 11.2. The van der Waals surface area contributed by atoms with Crippen LogP contribution in [0.5, 0.6) is 0 Å². The van der Waals surface area contributed by atoms with Crippen LogP contribution in [0.4, 0.5) is 5.69 Å². The Labute approximate surface area is 113 Å². The first-order valence-corrected chi connectivity index (χ1v) is 6.79. The van der Waals surface area contributed by atoms with Crippen LogP contribution in [0.15, 0.2) is 18.2 Å². The van der Waals surface area contributed by atoms with Crippen molar-refractivity contribution in [1.29, 1.82) is 0 Å². The van der Waals surface area contributed by atoms with Gasteiger partial charge in [0.25, 0.3) is 5.69 Å². The largest absolute Gasteiger partial charge is 0.477 e. The second-order valence-electron chi connectivity index (χ2n) is 4.26. The average Bonchev–Trinajstić information content (AvgIpc) is 2.74. The van der Waals surface area contributed by atoms with Gasteiger partial charge >= 0.3 is 5.97 Å². The summed E-state index contributed by atoms with van der Waals surface area (Å²) in [5.41, 5.74) is 0.720. The molecule has 0 saturated carbocycles. The lowest BCUT2D eigenvalue weighted by atomic mass is 10.0. The highest BCUT2D eigenvalue weighted by atomic mass is 32.1. The Morgan fingerprint density at radius 3 is 2.79 bits per heavy atom. The molecule has 0 fully saturated rings. The van der Waals surface area contributed by atoms with E-state index in [1.165, 1.54) is 23.5 Å². The van der Waals surface area contributed by atoms with Crippen LogP contribution in [0.2, 0.25) is 0 Å². The second-order valence-corrected chi connectivity index (χ2v) is 5.31. The summed E-state index contributed by atoms with van der Waals surface area (Å²) in [7, 11) is 0. The number of aromatic carboxylic acids is 1. The number of hydrogen-bond donors (Lipinski definition) is 1. The number of carboxylic acid groups (broad SMARTS) is 1. The van der Waals surface area contributed by atoms with Crippen molar-refractivity contribution < 1.29 is 14.8 Å². The number of nitro benzene ring substituents is 1. The fraction of sp³-hybridized carbons (Fsp3) is 0.308. The topological polar surface area (TPSA) is 80.4 Å². The van der Waals surface area contributed by atoms with E-state index in [1.807, 2.05) is 6.92 Å². The zero-order chi connectivity index (χ0) is 14.0. The van der Waals surface area contributed by atoms with Crippen LogP contribution in [0, 0.1) is 10.1 Å². The lowest BCUT2D eigenvalue weighted by Crippen LogP contribution is -1.98. The van der Waals surface area contributed by atoms with Gasteiger partial charge in [0.2, 0.25) is 0 Å². The number of unbranched alkanes of at least 4 members (excludes halogenated alkanes) is 1. The Morgan fingerprint density at radius 2 is 2.21 bits per heavy atom. The molecule has 0 saturated heterocycles. The van der Waals surface area contributed by atoms with Crippen molar-refractivity contribution in [2.75, 3.05) is 0 Å². The lowest BCUT2D eigenvalue weighted by Gasteiger charge is -2.00. The third kappa shape index (κ3) is 2.58. The summed E-state index contributed by atoms with van der Waals surface area (Å²) in [5, 5.41) is 20.7. The molecule has 100 valence electrons. The Morgan fingerprint density at radius 1 is 1.47 bits per heavy atom. The van der Waals surface area contributed by atoms with Gasteiger partial charge in [-0.3, -0.25) is 10.1 Å². The van der Waals surface area contributed by atoms with Crippen molar-refractivity contribution in [2.24, 2.45) is 0 Å². The molecule has 5 nitrogen and oxygen atoms in total. The molecule has 1 aromatic carbocycles. The van der Waals surface area contributed by atoms with Gasteiger partial charge in [-0.15, -0.1) is 11.3 Å². The quantitative estimate of drug-likeness (QED) is 0.665. The molecule has 1 heterocycles. The molecule has 0 spiro atoms. The second kappa shape index (κ2) is 5.36. The van der Waals surface area contributed by atoms with Gasteiger partial charge < -0.3 is 5.11 Å². The van der Waals surface area contributed by atoms with E-state index >= 15 is 0 Å². The number of nitrogens with zero attached hydrogens (tertiary/aromatic N) is 1. The standard InChI is InChI=1S/C13H13NO4S/c1-2-3-4-9-10-7-8(14(17)18)5-6-11(10)19-12(9)13(15)16/h5-7H,2-4H2,1H3,(H,15,16). The molecule has 19 heavy (non-hydrogen) atoms. The zero-order valence-electron chi connectivity index (χ0n) is 10.4. The Bertz CT molecular complexity index is 647. The Balaban J connectivity index is 2.62. The fourth-order valence-corrected chi connectivity index (χ4v) is 3.10. The summed E-state index contributed by atoms with van der Waals surface area (Å²) >= 11 is 1.18. The van der Waals surface area contributed by atoms with Crippen molar-refractivity contribution >= 4 is 33.1 Å². The highest BCUT2D eigenvalue weighted by Gasteiger charge is 2.19. The first-order valence-electron chi connectivity index (χ1n) is 5.97. The first kappa shape index (κ1) is 13.5. The zero-order valence-corrected chi connectivity index (χ0v) is 11.2. The molecule has 1 N–H and O–H groups in total. The van der Waals surface area contributed by atoms with Gasteiger partial charge in [-0.2, -0.15) is 0 Å². The predicted molar refractivity (Wildman–Crippen MR) is 74.1 cm³/mol. The minimum atomic E-state index is -0.963. The molecular weight excluding hydrogens is 266 g/mol. The molecule has 0 bridgehead atoms. The normalized spacial score (nSPS) is 10.8. The van der Waals surface area contributed by atoms with Crippen molar-refractivity contribution in [3.63, 3.8) is 0 Å². The van der Waals surface area contributed by atoms with Crippen molar-refractivity contribution in [3.05, 3.63) is 38.8 Å². The van der Waals surface area contributed by atoms with Gasteiger partial charge in [-0.25, -0.2) is 4.79 Å². The first-order chi connectivity index (χ1) is 9.04. The maximum Gasteiger partial charge on any atom is 0.346 e.